The molecule has 25 heavy (non-hydrogen) atoms. The molecule has 0 aliphatic heterocycles. The van der Waals surface area contributed by atoms with Crippen molar-refractivity contribution < 1.29 is 8.42 Å². The Morgan fingerprint density at radius 1 is 0.960 bits per heavy atom. The Labute approximate surface area is 149 Å². The van der Waals surface area contributed by atoms with Gasteiger partial charge in [0.25, 0.3) is 0 Å². The summed E-state index contributed by atoms with van der Waals surface area (Å²) in [6, 6.07) is 14.5. The molecule has 4 nitrogen and oxygen atoms in total. The van der Waals surface area contributed by atoms with Crippen molar-refractivity contribution in [3.05, 3.63) is 60.3 Å². The molecule has 0 aliphatic rings. The van der Waals surface area contributed by atoms with E-state index in [9.17, 15) is 8.42 Å². The van der Waals surface area contributed by atoms with Crippen molar-refractivity contribution in [2.24, 2.45) is 0 Å². The van der Waals surface area contributed by atoms with Gasteiger partial charge in [-0.25, -0.2) is 8.42 Å². The Morgan fingerprint density at radius 2 is 1.68 bits per heavy atom. The van der Waals surface area contributed by atoms with Crippen LogP contribution in [0.1, 0.15) is 19.4 Å². The number of likely N-dealkylation sites (N-methyl/N-ethyl adjacent to an activating group) is 1. The predicted molar refractivity (Wildman–Crippen MR) is 102 cm³/mol. The van der Waals surface area contributed by atoms with Gasteiger partial charge in [-0.15, -0.1) is 0 Å². The summed E-state index contributed by atoms with van der Waals surface area (Å²) in [5.41, 5.74) is 2.07. The Kier molecular flexibility index (Phi) is 5.25. The van der Waals surface area contributed by atoms with Gasteiger partial charge in [0.1, 0.15) is 0 Å². The quantitative estimate of drug-likeness (QED) is 0.699. The van der Waals surface area contributed by atoms with E-state index in [2.05, 4.69) is 29.8 Å². The number of nitrogens with one attached hydrogen (secondary N) is 1. The molecule has 3 aromatic rings. The van der Waals surface area contributed by atoms with Gasteiger partial charge in [-0.3, -0.25) is 0 Å². The van der Waals surface area contributed by atoms with Crippen LogP contribution in [0.15, 0.2) is 64.5 Å². The van der Waals surface area contributed by atoms with Crippen LogP contribution >= 0.6 is 0 Å². The average molecular weight is 356 g/mol. The van der Waals surface area contributed by atoms with Crippen molar-refractivity contribution in [2.45, 2.75) is 30.1 Å². The van der Waals surface area contributed by atoms with Crippen LogP contribution in [0.4, 0.5) is 0 Å². The normalized spacial score (nSPS) is 12.1. The van der Waals surface area contributed by atoms with E-state index in [0.29, 0.717) is 9.79 Å². The zero-order valence-corrected chi connectivity index (χ0v) is 15.5. The van der Waals surface area contributed by atoms with Crippen LogP contribution in [0, 0.1) is 0 Å². The van der Waals surface area contributed by atoms with Crippen molar-refractivity contribution in [3.63, 3.8) is 0 Å². The number of sulfone groups is 1. The number of H-pyrrole nitrogens is 1. The van der Waals surface area contributed by atoms with E-state index in [1.807, 2.05) is 18.2 Å². The summed E-state index contributed by atoms with van der Waals surface area (Å²) in [7, 11) is -3.52. The lowest BCUT2D eigenvalue weighted by Crippen LogP contribution is -2.25. The number of benzene rings is 2. The van der Waals surface area contributed by atoms with Crippen LogP contribution < -0.4 is 0 Å². The van der Waals surface area contributed by atoms with Crippen molar-refractivity contribution in [1.29, 1.82) is 0 Å². The molecule has 0 radical (unpaired) electrons. The Morgan fingerprint density at radius 3 is 2.36 bits per heavy atom. The Balaban J connectivity index is 1.99. The topological polar surface area (TPSA) is 53.2 Å². The van der Waals surface area contributed by atoms with Crippen molar-refractivity contribution in [3.8, 4) is 0 Å². The van der Waals surface area contributed by atoms with Crippen molar-refractivity contribution >= 4 is 20.7 Å². The molecule has 5 heteroatoms. The third-order valence-electron chi connectivity index (χ3n) is 4.70. The number of aromatic nitrogens is 1. The molecule has 3 rings (SSSR count). The van der Waals surface area contributed by atoms with E-state index in [1.165, 1.54) is 0 Å². The maximum Gasteiger partial charge on any atom is 0.208 e. The molecular formula is C20H24N2O2S. The SMILES string of the molecule is CCN(CC)CCc1cccc2c(S(=O)(=O)c3ccccc3)c[nH]c12. The molecule has 0 saturated carbocycles. The lowest BCUT2D eigenvalue weighted by molar-refractivity contribution is 0.308. The fourth-order valence-electron chi connectivity index (χ4n) is 3.17. The van der Waals surface area contributed by atoms with E-state index in [0.717, 1.165) is 42.5 Å². The van der Waals surface area contributed by atoms with Gasteiger partial charge >= 0.3 is 0 Å². The zero-order chi connectivity index (χ0) is 17.9. The fourth-order valence-corrected chi connectivity index (χ4v) is 4.61. The number of para-hydroxylation sites is 1. The third kappa shape index (κ3) is 3.48. The van der Waals surface area contributed by atoms with E-state index < -0.39 is 9.84 Å². The van der Waals surface area contributed by atoms with Crippen LogP contribution in [0.25, 0.3) is 10.9 Å². The first kappa shape index (κ1) is 17.7. The summed E-state index contributed by atoms with van der Waals surface area (Å²) in [4.78, 5) is 6.23. The second-order valence-electron chi connectivity index (χ2n) is 6.09. The number of hydrogen-bond acceptors (Lipinski definition) is 3. The van der Waals surface area contributed by atoms with Gasteiger partial charge in [-0.2, -0.15) is 0 Å². The first-order valence-electron chi connectivity index (χ1n) is 8.69. The lowest BCUT2D eigenvalue weighted by Gasteiger charge is -2.17. The first-order chi connectivity index (χ1) is 12.1. The van der Waals surface area contributed by atoms with Gasteiger partial charge in [-0.1, -0.05) is 50.2 Å². The third-order valence-corrected chi connectivity index (χ3v) is 6.51. The molecule has 0 saturated heterocycles. The lowest BCUT2D eigenvalue weighted by atomic mass is 10.1. The second kappa shape index (κ2) is 7.42. The highest BCUT2D eigenvalue weighted by atomic mass is 32.2. The molecule has 0 spiro atoms. The van der Waals surface area contributed by atoms with E-state index in [-0.39, 0.29) is 0 Å². The van der Waals surface area contributed by atoms with Crippen LogP contribution in [-0.4, -0.2) is 37.9 Å². The summed E-state index contributed by atoms with van der Waals surface area (Å²) < 4.78 is 25.9. The van der Waals surface area contributed by atoms with E-state index >= 15 is 0 Å². The van der Waals surface area contributed by atoms with E-state index in [4.69, 9.17) is 0 Å². The van der Waals surface area contributed by atoms with Gasteiger partial charge in [0, 0.05) is 18.1 Å². The smallest absolute Gasteiger partial charge is 0.208 e. The first-order valence-corrected chi connectivity index (χ1v) is 10.2. The number of fused-ring (bicyclic) bond motifs is 1. The van der Waals surface area contributed by atoms with Crippen molar-refractivity contribution in [1.82, 2.24) is 9.88 Å². The molecule has 2 aromatic carbocycles. The number of rotatable bonds is 7. The highest BCUT2D eigenvalue weighted by molar-refractivity contribution is 7.91. The molecule has 1 aromatic heterocycles. The number of aromatic amines is 1. The molecule has 0 atom stereocenters. The minimum Gasteiger partial charge on any atom is -0.360 e. The van der Waals surface area contributed by atoms with Gasteiger partial charge in [-0.05, 0) is 37.2 Å². The summed E-state index contributed by atoms with van der Waals surface area (Å²) in [6.45, 7) is 7.31. The molecular weight excluding hydrogens is 332 g/mol. The highest BCUT2D eigenvalue weighted by Gasteiger charge is 2.22. The molecule has 132 valence electrons. The van der Waals surface area contributed by atoms with Crippen molar-refractivity contribution in [2.75, 3.05) is 19.6 Å². The standard InChI is InChI=1S/C20H24N2O2S/c1-3-22(4-2)14-13-16-9-8-12-18-19(15-21-20(16)18)25(23,24)17-10-6-5-7-11-17/h5-12,15,21H,3-4,13-14H2,1-2H3. The molecule has 1 N–H and O–H groups in total. The number of nitrogens with zero attached hydrogens (tertiary/aromatic N) is 1. The van der Waals surface area contributed by atoms with Gasteiger partial charge in [0.05, 0.1) is 15.3 Å². The summed E-state index contributed by atoms with van der Waals surface area (Å²) in [6.07, 6.45) is 2.51. The molecule has 0 amide bonds. The molecule has 0 unspecified atom stereocenters. The van der Waals surface area contributed by atoms with Crippen LogP contribution in [0.3, 0.4) is 0 Å². The molecule has 0 aliphatic carbocycles. The summed E-state index contributed by atoms with van der Waals surface area (Å²) in [5, 5.41) is 0.765. The second-order valence-corrected chi connectivity index (χ2v) is 8.00. The summed E-state index contributed by atoms with van der Waals surface area (Å²) in [5.74, 6) is 0. The molecule has 0 bridgehead atoms. The monoisotopic (exact) mass is 356 g/mol. The van der Waals surface area contributed by atoms with Crippen LogP contribution in [0.2, 0.25) is 0 Å². The van der Waals surface area contributed by atoms with Crippen LogP contribution in [0.5, 0.6) is 0 Å². The maximum atomic E-state index is 13.0. The molecule has 1 heterocycles. The Bertz CT molecular complexity index is 942. The minimum absolute atomic E-state index is 0.324. The maximum absolute atomic E-state index is 13.0. The zero-order valence-electron chi connectivity index (χ0n) is 14.7. The van der Waals surface area contributed by atoms with E-state index in [1.54, 1.807) is 30.5 Å². The number of hydrogen-bond donors (Lipinski definition) is 1. The summed E-state index contributed by atoms with van der Waals surface area (Å²) >= 11 is 0. The van der Waals surface area contributed by atoms with Gasteiger partial charge in [0.15, 0.2) is 0 Å². The minimum atomic E-state index is -3.52. The van der Waals surface area contributed by atoms with Gasteiger partial charge < -0.3 is 9.88 Å². The highest BCUT2D eigenvalue weighted by Crippen LogP contribution is 2.30. The molecule has 0 fully saturated rings. The largest absolute Gasteiger partial charge is 0.360 e. The Hall–Kier alpha value is -2.11. The predicted octanol–water partition coefficient (Wildman–Crippen LogP) is 3.89. The fraction of sp³-hybridized carbons (Fsp3) is 0.300. The van der Waals surface area contributed by atoms with Crippen LogP contribution in [-0.2, 0) is 16.3 Å². The average Bonchev–Trinajstić information content (AvgIpc) is 3.09. The van der Waals surface area contributed by atoms with Gasteiger partial charge in [0.2, 0.25) is 9.84 Å².